The van der Waals surface area contributed by atoms with E-state index in [-0.39, 0.29) is 54.0 Å². The van der Waals surface area contributed by atoms with E-state index in [2.05, 4.69) is 34.3 Å². The van der Waals surface area contributed by atoms with E-state index in [0.717, 1.165) is 32.1 Å². The van der Waals surface area contributed by atoms with Crippen LogP contribution in [0.2, 0.25) is 0 Å². The molecule has 14 heteroatoms. The molecular weight excluding hydrogens is 592 g/mol. The number of ether oxygens (including phenoxy) is 4. The van der Waals surface area contributed by atoms with Gasteiger partial charge in [0.2, 0.25) is 11.8 Å². The van der Waals surface area contributed by atoms with E-state index in [0.29, 0.717) is 53.5 Å². The Kier molecular flexibility index (Phi) is 12.5. The summed E-state index contributed by atoms with van der Waals surface area (Å²) in [6, 6.07) is 6.66. The highest BCUT2D eigenvalue weighted by molar-refractivity contribution is 6.07. The molecule has 46 heavy (non-hydrogen) atoms. The number of rotatable bonds is 19. The van der Waals surface area contributed by atoms with Gasteiger partial charge in [-0.3, -0.25) is 4.57 Å². The van der Waals surface area contributed by atoms with E-state index in [1.807, 2.05) is 6.92 Å². The molecule has 3 atom stereocenters. The highest BCUT2D eigenvalue weighted by Gasteiger charge is 2.22. The zero-order valence-electron chi connectivity index (χ0n) is 27.5. The summed E-state index contributed by atoms with van der Waals surface area (Å²) in [6.07, 6.45) is 4.57. The van der Waals surface area contributed by atoms with Gasteiger partial charge in [0, 0.05) is 33.1 Å². The van der Waals surface area contributed by atoms with E-state index in [9.17, 15) is 10.2 Å². The normalized spacial score (nSPS) is 14.1. The molecule has 0 fully saturated rings. The molecule has 0 aliphatic rings. The number of aromatic hydroxyl groups is 2. The van der Waals surface area contributed by atoms with Crippen molar-refractivity contribution in [3.63, 3.8) is 0 Å². The second-order valence-corrected chi connectivity index (χ2v) is 11.3. The van der Waals surface area contributed by atoms with Crippen LogP contribution >= 0.6 is 0 Å². The topological polar surface area (TPSA) is 190 Å². The monoisotopic (exact) mass is 640 g/mol. The Balaban J connectivity index is 1.54. The third-order valence-corrected chi connectivity index (χ3v) is 8.12. The van der Waals surface area contributed by atoms with Crippen molar-refractivity contribution in [3.8, 4) is 11.8 Å². The summed E-state index contributed by atoms with van der Waals surface area (Å²) in [5.74, 6) is -0.363. The fourth-order valence-corrected chi connectivity index (χ4v) is 5.23. The molecule has 4 rings (SSSR count). The molecule has 2 heterocycles. The van der Waals surface area contributed by atoms with Crippen LogP contribution in [-0.2, 0) is 32.0 Å². The molecule has 0 radical (unpaired) electrons. The zero-order valence-corrected chi connectivity index (χ0v) is 27.5. The average molecular weight is 641 g/mol. The summed E-state index contributed by atoms with van der Waals surface area (Å²) in [6.45, 7) is 8.15. The lowest BCUT2D eigenvalue weighted by Gasteiger charge is -2.18. The number of hydrogen-bond donors (Lipinski definition) is 4. The molecule has 4 aromatic rings. The predicted molar refractivity (Wildman–Crippen MR) is 178 cm³/mol. The first-order valence-corrected chi connectivity index (χ1v) is 15.8. The Hall–Kier alpha value is -3.98. The zero-order chi connectivity index (χ0) is 33.2. The number of nitrogens with two attached hydrogens (primary N) is 2. The minimum atomic E-state index is -0.187. The number of benzene rings is 2. The van der Waals surface area contributed by atoms with Gasteiger partial charge in [-0.2, -0.15) is 15.0 Å². The van der Waals surface area contributed by atoms with Gasteiger partial charge in [0.15, 0.2) is 0 Å². The Morgan fingerprint density at radius 2 is 1.50 bits per heavy atom. The van der Waals surface area contributed by atoms with Gasteiger partial charge in [-0.25, -0.2) is 0 Å². The fourth-order valence-electron chi connectivity index (χ4n) is 5.23. The summed E-state index contributed by atoms with van der Waals surface area (Å²) >= 11 is 0. The van der Waals surface area contributed by atoms with Gasteiger partial charge < -0.3 is 40.6 Å². The Morgan fingerprint density at radius 1 is 0.804 bits per heavy atom. The number of nitrogen functional groups attached to an aromatic ring is 2. The third kappa shape index (κ3) is 8.23. The smallest absolute Gasteiger partial charge is 0.204 e. The van der Waals surface area contributed by atoms with E-state index in [1.54, 1.807) is 43.3 Å². The highest BCUT2D eigenvalue weighted by atomic mass is 16.5. The second-order valence-electron chi connectivity index (χ2n) is 11.3. The van der Waals surface area contributed by atoms with Crippen molar-refractivity contribution in [1.29, 1.82) is 0 Å². The van der Waals surface area contributed by atoms with Crippen molar-refractivity contribution >= 4 is 44.6 Å². The standard InChI is InChI=1S/C32H48N8O6/c1-6-8-22(44-5)14-17-46-21(7-2)19-40-37-29-24(34)10-12-26(30(29)38-40)36-35-25-11-9-23(33)27-28(25)32(42)39(31(27)41)15-18-45-16-13-20(3)43-4/h9-12,20-22,41-42H,6-8,13-19,33-34H2,1-5H3. The molecule has 0 aliphatic carbocycles. The number of fused-ring (bicyclic) bond motifs is 2. The van der Waals surface area contributed by atoms with E-state index < -0.39 is 0 Å². The number of hydrogen-bond acceptors (Lipinski definition) is 12. The molecular formula is C32H48N8O6. The molecule has 0 bridgehead atoms. The van der Waals surface area contributed by atoms with E-state index in [4.69, 9.17) is 30.4 Å². The first-order chi connectivity index (χ1) is 22.2. The Labute approximate surface area is 269 Å². The maximum Gasteiger partial charge on any atom is 0.204 e. The molecule has 3 unspecified atom stereocenters. The fraction of sp³-hybridized carbons (Fsp3) is 0.562. The van der Waals surface area contributed by atoms with Gasteiger partial charge in [0.1, 0.15) is 16.7 Å². The maximum absolute atomic E-state index is 11.1. The number of nitrogens with zero attached hydrogens (tertiary/aromatic N) is 6. The van der Waals surface area contributed by atoms with Crippen LogP contribution in [0.25, 0.3) is 21.8 Å². The van der Waals surface area contributed by atoms with Crippen molar-refractivity contribution in [3.05, 3.63) is 24.3 Å². The van der Waals surface area contributed by atoms with Crippen LogP contribution in [0, 0.1) is 0 Å². The summed E-state index contributed by atoms with van der Waals surface area (Å²) in [4.78, 5) is 1.58. The van der Waals surface area contributed by atoms with Crippen molar-refractivity contribution in [2.45, 2.75) is 84.3 Å². The van der Waals surface area contributed by atoms with Gasteiger partial charge in [-0.15, -0.1) is 10.2 Å². The second kappa shape index (κ2) is 16.5. The molecule has 2 aromatic carbocycles. The summed E-state index contributed by atoms with van der Waals surface area (Å²) in [7, 11) is 3.39. The Morgan fingerprint density at radius 3 is 2.22 bits per heavy atom. The third-order valence-electron chi connectivity index (χ3n) is 8.12. The quantitative estimate of drug-likeness (QED) is 0.0552. The molecule has 0 spiro atoms. The van der Waals surface area contributed by atoms with Crippen LogP contribution in [0.5, 0.6) is 11.8 Å². The number of aromatic nitrogens is 4. The molecule has 0 saturated carbocycles. The van der Waals surface area contributed by atoms with E-state index >= 15 is 0 Å². The first-order valence-electron chi connectivity index (χ1n) is 15.8. The summed E-state index contributed by atoms with van der Waals surface area (Å²) in [5.41, 5.74) is 15.0. The van der Waals surface area contributed by atoms with Crippen molar-refractivity contribution < 1.29 is 29.2 Å². The summed E-state index contributed by atoms with van der Waals surface area (Å²) in [5, 5.41) is 40.8. The number of anilines is 2. The molecule has 14 nitrogen and oxygen atoms in total. The molecule has 0 saturated heterocycles. The maximum atomic E-state index is 11.1. The molecule has 6 N–H and O–H groups in total. The number of methoxy groups -OCH3 is 2. The van der Waals surface area contributed by atoms with Gasteiger partial charge in [-0.1, -0.05) is 20.3 Å². The Bertz CT molecular complexity index is 1600. The van der Waals surface area contributed by atoms with Crippen LogP contribution in [0.1, 0.15) is 52.9 Å². The lowest BCUT2D eigenvalue weighted by molar-refractivity contribution is 0.00175. The summed E-state index contributed by atoms with van der Waals surface area (Å²) < 4.78 is 23.9. The van der Waals surface area contributed by atoms with Crippen LogP contribution in [0.4, 0.5) is 22.7 Å². The minimum absolute atomic E-state index is 0.0765. The van der Waals surface area contributed by atoms with Crippen LogP contribution in [0.3, 0.4) is 0 Å². The SMILES string of the molecule is CCCC(CCOC(CC)Cn1nc2c(N)ccc(N=Nc3ccc(N)c4c(O)n(CCOCCC(C)OC)c(O)c34)c2n1)OC. The van der Waals surface area contributed by atoms with Crippen molar-refractivity contribution in [2.24, 2.45) is 10.2 Å². The molecule has 0 aliphatic heterocycles. The average Bonchev–Trinajstić information content (AvgIpc) is 3.59. The van der Waals surface area contributed by atoms with Crippen LogP contribution in [-0.4, -0.2) is 82.1 Å². The van der Waals surface area contributed by atoms with Gasteiger partial charge in [0.25, 0.3) is 0 Å². The van der Waals surface area contributed by atoms with Gasteiger partial charge in [-0.05, 0) is 56.9 Å². The predicted octanol–water partition coefficient (Wildman–Crippen LogP) is 5.82. The van der Waals surface area contributed by atoms with Crippen LogP contribution < -0.4 is 11.5 Å². The molecule has 252 valence electrons. The van der Waals surface area contributed by atoms with Gasteiger partial charge >= 0.3 is 0 Å². The molecule has 2 aromatic heterocycles. The van der Waals surface area contributed by atoms with Crippen LogP contribution in [0.15, 0.2) is 34.5 Å². The van der Waals surface area contributed by atoms with E-state index in [1.165, 1.54) is 4.57 Å². The van der Waals surface area contributed by atoms with Crippen molar-refractivity contribution in [2.75, 3.05) is 45.5 Å². The van der Waals surface area contributed by atoms with Gasteiger partial charge in [0.05, 0.1) is 60.2 Å². The highest BCUT2D eigenvalue weighted by Crippen LogP contribution is 2.45. The lowest BCUT2D eigenvalue weighted by atomic mass is 10.1. The largest absolute Gasteiger partial charge is 0.494 e. The molecule has 0 amide bonds. The lowest BCUT2D eigenvalue weighted by Crippen LogP contribution is -2.23. The van der Waals surface area contributed by atoms with Crippen molar-refractivity contribution in [1.82, 2.24) is 19.6 Å². The minimum Gasteiger partial charge on any atom is -0.494 e. The number of azo groups is 1. The first kappa shape index (κ1) is 34.9.